The van der Waals surface area contributed by atoms with E-state index in [2.05, 4.69) is 325 Å². The first-order valence-electron chi connectivity index (χ1n) is 29.0. The van der Waals surface area contributed by atoms with E-state index < -0.39 is 5.41 Å². The molecule has 14 aromatic carbocycles. The fourth-order valence-corrected chi connectivity index (χ4v) is 13.9. The van der Waals surface area contributed by atoms with Crippen molar-refractivity contribution in [1.82, 2.24) is 4.57 Å². The van der Waals surface area contributed by atoms with E-state index in [9.17, 15) is 0 Å². The van der Waals surface area contributed by atoms with Gasteiger partial charge in [-0.05, 0) is 150 Å². The largest absolute Gasteiger partial charge is 0.455 e. The van der Waals surface area contributed by atoms with Crippen molar-refractivity contribution < 1.29 is 4.74 Å². The van der Waals surface area contributed by atoms with Crippen LogP contribution in [0.25, 0.3) is 105 Å². The third-order valence-corrected chi connectivity index (χ3v) is 17.9. The third kappa shape index (κ3) is 7.39. The second-order valence-corrected chi connectivity index (χ2v) is 22.3. The van der Waals surface area contributed by atoms with Crippen molar-refractivity contribution >= 4 is 60.4 Å². The standard InChI is InChI=1S/C81H52N2O/c1-3-15-53(16-4-1)55-31-41-64(42-32-55)82(66-45-35-58(36-46-66)61-40-50-78-72(51-61)71-24-12-14-26-77(71)83(78)63-19-5-2-6-20-63)65-43-33-56(34-44-65)54-27-29-57(30-28-54)62-37-47-70-69-23-11-13-25-73(69)81(76(70)52-62)74-48-38-59-17-7-9-21-67(59)79(74)84-80-68-22-10-8-18-60(68)39-49-75(80)81/h1-52H. The number of para-hydroxylation sites is 2. The van der Waals surface area contributed by atoms with Gasteiger partial charge >= 0.3 is 0 Å². The summed E-state index contributed by atoms with van der Waals surface area (Å²) in [5, 5.41) is 7.05. The molecule has 2 aliphatic rings. The van der Waals surface area contributed by atoms with Gasteiger partial charge < -0.3 is 14.2 Å². The van der Waals surface area contributed by atoms with Crippen molar-refractivity contribution in [2.24, 2.45) is 0 Å². The lowest BCUT2D eigenvalue weighted by molar-refractivity contribution is 0.447. The molecular weight excluding hydrogens is 1020 g/mol. The van der Waals surface area contributed by atoms with Gasteiger partial charge in [0.15, 0.2) is 0 Å². The average Bonchev–Trinajstić information content (AvgIpc) is 1.72. The molecule has 0 unspecified atom stereocenters. The fraction of sp³-hybridized carbons (Fsp3) is 0.0123. The second kappa shape index (κ2) is 19.1. The Bertz CT molecular complexity index is 4980. The van der Waals surface area contributed by atoms with Crippen molar-refractivity contribution in [3.8, 4) is 72.8 Å². The molecule has 0 N–H and O–H groups in total. The number of rotatable bonds is 8. The smallest absolute Gasteiger partial charge is 0.140 e. The van der Waals surface area contributed by atoms with Crippen LogP contribution in [-0.2, 0) is 5.41 Å². The molecule has 0 bridgehead atoms. The van der Waals surface area contributed by atoms with Gasteiger partial charge in [0.1, 0.15) is 11.5 Å². The Kier molecular flexibility index (Phi) is 10.8. The van der Waals surface area contributed by atoms with Crippen LogP contribution in [-0.4, -0.2) is 4.57 Å². The number of hydrogen-bond donors (Lipinski definition) is 0. The SMILES string of the molecule is c1ccc(-c2ccc(N(c3ccc(-c4ccc(-c5ccc6c(c5)C5(c7ccccc7-6)c6ccc7ccccc7c6Oc6c5ccc5ccccc65)cc4)cc3)c3ccc(-c4ccc5c(c4)c4ccccc4n5-c4ccccc4)cc3)cc2)cc1. The summed E-state index contributed by atoms with van der Waals surface area (Å²) < 4.78 is 9.59. The molecule has 1 spiro atoms. The van der Waals surface area contributed by atoms with Crippen molar-refractivity contribution in [2.45, 2.75) is 5.41 Å². The number of nitrogens with zero attached hydrogens (tertiary/aromatic N) is 2. The summed E-state index contributed by atoms with van der Waals surface area (Å²) >= 11 is 0. The Morgan fingerprint density at radius 1 is 0.262 bits per heavy atom. The minimum atomic E-state index is -0.609. The van der Waals surface area contributed by atoms with E-state index in [1.54, 1.807) is 0 Å². The zero-order chi connectivity index (χ0) is 55.3. The highest BCUT2D eigenvalue weighted by molar-refractivity contribution is 6.10. The fourth-order valence-electron chi connectivity index (χ4n) is 13.9. The molecule has 0 saturated heterocycles. The Hall–Kier alpha value is -11.0. The zero-order valence-corrected chi connectivity index (χ0v) is 45.8. The van der Waals surface area contributed by atoms with E-state index in [1.807, 2.05) is 0 Å². The van der Waals surface area contributed by atoms with Crippen LogP contribution in [0.15, 0.2) is 315 Å². The van der Waals surface area contributed by atoms with Crippen LogP contribution in [0.4, 0.5) is 17.1 Å². The van der Waals surface area contributed by atoms with Crippen LogP contribution in [0, 0.1) is 0 Å². The van der Waals surface area contributed by atoms with Crippen LogP contribution < -0.4 is 9.64 Å². The lowest BCUT2D eigenvalue weighted by Crippen LogP contribution is -2.32. The molecule has 15 aromatic rings. The molecular formula is C81H52N2O. The molecule has 1 aromatic heterocycles. The lowest BCUT2D eigenvalue weighted by Gasteiger charge is -2.40. The van der Waals surface area contributed by atoms with E-state index in [1.165, 1.54) is 88.6 Å². The van der Waals surface area contributed by atoms with Crippen LogP contribution in [0.5, 0.6) is 11.5 Å². The predicted octanol–water partition coefficient (Wildman–Crippen LogP) is 21.7. The highest BCUT2D eigenvalue weighted by atomic mass is 16.5. The number of benzene rings is 14. The highest BCUT2D eigenvalue weighted by Gasteiger charge is 2.52. The van der Waals surface area contributed by atoms with Crippen LogP contribution in [0.1, 0.15) is 22.3 Å². The Morgan fingerprint density at radius 2 is 0.679 bits per heavy atom. The molecule has 0 saturated carbocycles. The van der Waals surface area contributed by atoms with E-state index >= 15 is 0 Å². The first-order chi connectivity index (χ1) is 41.6. The van der Waals surface area contributed by atoms with Gasteiger partial charge in [0.2, 0.25) is 0 Å². The van der Waals surface area contributed by atoms with Gasteiger partial charge in [-0.3, -0.25) is 0 Å². The van der Waals surface area contributed by atoms with Crippen LogP contribution >= 0.6 is 0 Å². The molecule has 0 fully saturated rings. The molecule has 0 radical (unpaired) electrons. The van der Waals surface area contributed by atoms with Crippen molar-refractivity contribution in [3.05, 3.63) is 338 Å². The van der Waals surface area contributed by atoms with Gasteiger partial charge in [0.05, 0.1) is 16.4 Å². The van der Waals surface area contributed by atoms with Crippen LogP contribution in [0.2, 0.25) is 0 Å². The number of fused-ring (bicyclic) bond motifs is 16. The van der Waals surface area contributed by atoms with E-state index in [0.717, 1.165) is 66.9 Å². The maximum atomic E-state index is 7.22. The molecule has 84 heavy (non-hydrogen) atoms. The van der Waals surface area contributed by atoms with Crippen LogP contribution in [0.3, 0.4) is 0 Å². The summed E-state index contributed by atoms with van der Waals surface area (Å²) in [5.41, 5.74) is 23.0. The quantitative estimate of drug-likeness (QED) is 0.151. The monoisotopic (exact) mass is 1070 g/mol. The molecule has 1 aliphatic carbocycles. The van der Waals surface area contributed by atoms with Crippen molar-refractivity contribution in [1.29, 1.82) is 0 Å². The minimum Gasteiger partial charge on any atom is -0.455 e. The highest BCUT2D eigenvalue weighted by Crippen LogP contribution is 2.64. The Balaban J connectivity index is 0.721. The van der Waals surface area contributed by atoms with E-state index in [4.69, 9.17) is 4.74 Å². The topological polar surface area (TPSA) is 17.4 Å². The van der Waals surface area contributed by atoms with Gasteiger partial charge in [0, 0.05) is 55.4 Å². The summed E-state index contributed by atoms with van der Waals surface area (Å²) in [6.45, 7) is 0. The maximum Gasteiger partial charge on any atom is 0.140 e. The normalized spacial score (nSPS) is 12.7. The van der Waals surface area contributed by atoms with E-state index in [0.29, 0.717) is 0 Å². The summed E-state index contributed by atoms with van der Waals surface area (Å²) in [6, 6.07) is 116. The molecule has 0 amide bonds. The molecule has 1 aliphatic heterocycles. The Morgan fingerprint density at radius 3 is 1.27 bits per heavy atom. The average molecular weight is 1070 g/mol. The molecule has 392 valence electrons. The van der Waals surface area contributed by atoms with Gasteiger partial charge in [0.25, 0.3) is 0 Å². The first kappa shape index (κ1) is 47.8. The summed E-state index contributed by atoms with van der Waals surface area (Å²) in [5.74, 6) is 1.85. The molecule has 17 rings (SSSR count). The van der Waals surface area contributed by atoms with Crippen molar-refractivity contribution in [2.75, 3.05) is 4.90 Å². The molecule has 0 atom stereocenters. The zero-order valence-electron chi connectivity index (χ0n) is 45.8. The van der Waals surface area contributed by atoms with Gasteiger partial charge in [-0.1, -0.05) is 243 Å². The number of hydrogen-bond acceptors (Lipinski definition) is 2. The number of ether oxygens (including phenoxy) is 1. The number of aromatic nitrogens is 1. The van der Waals surface area contributed by atoms with Gasteiger partial charge in [-0.15, -0.1) is 0 Å². The minimum absolute atomic E-state index is 0.609. The predicted molar refractivity (Wildman–Crippen MR) is 350 cm³/mol. The maximum absolute atomic E-state index is 7.22. The summed E-state index contributed by atoms with van der Waals surface area (Å²) in [4.78, 5) is 2.36. The second-order valence-electron chi connectivity index (χ2n) is 22.3. The van der Waals surface area contributed by atoms with Crippen molar-refractivity contribution in [3.63, 3.8) is 0 Å². The molecule has 3 nitrogen and oxygen atoms in total. The number of anilines is 3. The first-order valence-corrected chi connectivity index (χ1v) is 29.0. The molecule has 2 heterocycles. The Labute approximate surface area is 487 Å². The summed E-state index contributed by atoms with van der Waals surface area (Å²) in [6.07, 6.45) is 0. The lowest BCUT2D eigenvalue weighted by atomic mass is 9.65. The molecule has 3 heteroatoms. The third-order valence-electron chi connectivity index (χ3n) is 17.9. The van der Waals surface area contributed by atoms with E-state index in [-0.39, 0.29) is 0 Å². The van der Waals surface area contributed by atoms with Gasteiger partial charge in [-0.2, -0.15) is 0 Å². The summed E-state index contributed by atoms with van der Waals surface area (Å²) in [7, 11) is 0. The van der Waals surface area contributed by atoms with Gasteiger partial charge in [-0.25, -0.2) is 0 Å².